The summed E-state index contributed by atoms with van der Waals surface area (Å²) in [5, 5.41) is 9.92. The van der Waals surface area contributed by atoms with Crippen LogP contribution in [-0.2, 0) is 30.3 Å². The van der Waals surface area contributed by atoms with Gasteiger partial charge in [0, 0.05) is 23.7 Å². The van der Waals surface area contributed by atoms with Crippen molar-refractivity contribution in [3.63, 3.8) is 0 Å². The number of ether oxygens (including phenoxy) is 1. The second kappa shape index (κ2) is 13.5. The van der Waals surface area contributed by atoms with Crippen molar-refractivity contribution < 1.29 is 23.9 Å². The molecule has 1 aromatic carbocycles. The van der Waals surface area contributed by atoms with Crippen molar-refractivity contribution in [2.24, 2.45) is 11.3 Å². The van der Waals surface area contributed by atoms with Gasteiger partial charge in [-0.1, -0.05) is 44.2 Å². The SMILES string of the molecule is CC1OC(=O)C2CCCN(N2)C(=O)C(Cc2cscn2)NC(=O)C(C(C)C)NC(=O)C(C)(C)C=Cc2ccc3ccc1nc3c2. The van der Waals surface area contributed by atoms with Crippen molar-refractivity contribution in [1.82, 2.24) is 31.0 Å². The maximum atomic E-state index is 13.9. The lowest BCUT2D eigenvalue weighted by Gasteiger charge is -2.35. The molecule has 238 valence electrons. The highest BCUT2D eigenvalue weighted by Gasteiger charge is 2.37. The van der Waals surface area contributed by atoms with Crippen LogP contribution in [0.5, 0.6) is 0 Å². The van der Waals surface area contributed by atoms with Crippen LogP contribution in [0.2, 0.25) is 0 Å². The van der Waals surface area contributed by atoms with Gasteiger partial charge in [-0.25, -0.2) is 15.4 Å². The Kier molecular flexibility index (Phi) is 9.64. The van der Waals surface area contributed by atoms with Crippen LogP contribution < -0.4 is 16.1 Å². The largest absolute Gasteiger partial charge is 0.455 e. The van der Waals surface area contributed by atoms with E-state index in [2.05, 4.69) is 21.0 Å². The number of carbonyl (C=O) groups excluding carboxylic acids is 4. The number of hydrogen-bond acceptors (Lipinski definition) is 9. The van der Waals surface area contributed by atoms with E-state index in [-0.39, 0.29) is 18.2 Å². The van der Waals surface area contributed by atoms with Crippen LogP contribution in [-0.4, -0.2) is 63.3 Å². The molecule has 0 saturated carbocycles. The molecule has 5 rings (SSSR count). The number of carbonyl (C=O) groups is 4. The number of amides is 3. The van der Waals surface area contributed by atoms with E-state index in [0.29, 0.717) is 30.8 Å². The average Bonchev–Trinajstić information content (AvgIpc) is 3.54. The number of nitrogens with one attached hydrogen (secondary N) is 3. The number of rotatable bonds is 3. The van der Waals surface area contributed by atoms with Crippen LogP contribution >= 0.6 is 11.3 Å². The number of pyridine rings is 1. The zero-order valence-corrected chi connectivity index (χ0v) is 27.0. The predicted octanol–water partition coefficient (Wildman–Crippen LogP) is 3.71. The Bertz CT molecular complexity index is 1600. The van der Waals surface area contributed by atoms with Crippen LogP contribution in [0.25, 0.3) is 17.0 Å². The summed E-state index contributed by atoms with van der Waals surface area (Å²) >= 11 is 1.39. The minimum absolute atomic E-state index is 0.151. The number of aromatic nitrogens is 2. The van der Waals surface area contributed by atoms with Crippen molar-refractivity contribution >= 4 is 52.0 Å². The molecule has 1 saturated heterocycles. The average molecular weight is 633 g/mol. The molecule has 2 aliphatic heterocycles. The van der Waals surface area contributed by atoms with Crippen LogP contribution in [0.3, 0.4) is 0 Å². The van der Waals surface area contributed by atoms with Gasteiger partial charge in [0.2, 0.25) is 11.8 Å². The summed E-state index contributed by atoms with van der Waals surface area (Å²) in [6.07, 6.45) is 4.22. The zero-order valence-electron chi connectivity index (χ0n) is 26.2. The van der Waals surface area contributed by atoms with E-state index >= 15 is 0 Å². The fraction of sp³-hybridized carbons (Fsp3) is 0.455. The summed E-state index contributed by atoms with van der Waals surface area (Å²) in [6, 6.07) is 6.94. The topological polar surface area (TPSA) is 143 Å². The van der Waals surface area contributed by atoms with E-state index in [1.807, 2.05) is 55.6 Å². The quantitative estimate of drug-likeness (QED) is 0.371. The number of cyclic esters (lactones) is 1. The van der Waals surface area contributed by atoms with Crippen LogP contribution in [0, 0.1) is 11.3 Å². The van der Waals surface area contributed by atoms with Gasteiger partial charge in [-0.3, -0.25) is 24.2 Å². The predicted molar refractivity (Wildman–Crippen MR) is 171 cm³/mol. The summed E-state index contributed by atoms with van der Waals surface area (Å²) in [7, 11) is 0. The highest BCUT2D eigenvalue weighted by atomic mass is 32.1. The molecule has 3 aromatic rings. The molecule has 5 bridgehead atoms. The van der Waals surface area contributed by atoms with E-state index in [1.165, 1.54) is 16.3 Å². The lowest BCUT2D eigenvalue weighted by atomic mass is 9.89. The normalized spacial score (nSPS) is 24.8. The standard InChI is InChI=1S/C33H40N6O5S/c1-19(2)28-29(40)36-27(16-23-17-45-18-34-23)30(41)39-14-6-7-25(38-39)31(42)44-20(3)24-11-10-22-9-8-21(15-26(22)35-24)12-13-33(4,5)32(43)37-28/h8-13,15,17-20,25,27-28,38H,6-7,14,16H2,1-5H3,(H,36,40)(H,37,43). The Labute approximate surface area is 266 Å². The van der Waals surface area contributed by atoms with Crippen molar-refractivity contribution in [2.45, 2.75) is 78.1 Å². The molecule has 0 radical (unpaired) electrons. The Hall–Kier alpha value is -4.16. The van der Waals surface area contributed by atoms with Gasteiger partial charge in [-0.15, -0.1) is 11.3 Å². The monoisotopic (exact) mass is 632 g/mol. The van der Waals surface area contributed by atoms with Gasteiger partial charge < -0.3 is 15.4 Å². The van der Waals surface area contributed by atoms with E-state index in [0.717, 1.165) is 16.5 Å². The molecular weight excluding hydrogens is 592 g/mol. The van der Waals surface area contributed by atoms with Gasteiger partial charge in [0.05, 0.1) is 27.8 Å². The van der Waals surface area contributed by atoms with Crippen LogP contribution in [0.4, 0.5) is 0 Å². The van der Waals surface area contributed by atoms with Gasteiger partial charge in [0.15, 0.2) is 0 Å². The first-order valence-corrected chi connectivity index (χ1v) is 16.2. The first-order chi connectivity index (χ1) is 21.4. The Balaban J connectivity index is 1.51. The van der Waals surface area contributed by atoms with Crippen molar-refractivity contribution in [3.05, 3.63) is 64.2 Å². The fourth-order valence-electron chi connectivity index (χ4n) is 5.35. The molecule has 12 heteroatoms. The van der Waals surface area contributed by atoms with Gasteiger partial charge in [0.25, 0.3) is 5.91 Å². The van der Waals surface area contributed by atoms with E-state index in [4.69, 9.17) is 9.72 Å². The summed E-state index contributed by atoms with van der Waals surface area (Å²) in [5.74, 6) is -1.96. The number of esters is 1. The number of hydrazine groups is 1. The highest BCUT2D eigenvalue weighted by molar-refractivity contribution is 7.07. The molecule has 0 aliphatic carbocycles. The minimum Gasteiger partial charge on any atom is -0.455 e. The Morgan fingerprint density at radius 3 is 2.62 bits per heavy atom. The summed E-state index contributed by atoms with van der Waals surface area (Å²) in [5.41, 5.74) is 6.55. The molecule has 1 fully saturated rings. The first-order valence-electron chi connectivity index (χ1n) is 15.3. The molecule has 4 heterocycles. The number of hydrogen-bond donors (Lipinski definition) is 3. The molecule has 3 amide bonds. The van der Waals surface area contributed by atoms with E-state index < -0.39 is 47.4 Å². The van der Waals surface area contributed by atoms with E-state index in [1.54, 1.807) is 32.4 Å². The molecular formula is C33H40N6O5S. The minimum atomic E-state index is -0.983. The van der Waals surface area contributed by atoms with Crippen molar-refractivity contribution in [2.75, 3.05) is 6.54 Å². The van der Waals surface area contributed by atoms with Gasteiger partial charge in [0.1, 0.15) is 24.2 Å². The lowest BCUT2D eigenvalue weighted by molar-refractivity contribution is -0.157. The molecule has 3 N–H and O–H groups in total. The molecule has 0 spiro atoms. The maximum absolute atomic E-state index is 13.9. The fourth-order valence-corrected chi connectivity index (χ4v) is 5.92. The van der Waals surface area contributed by atoms with E-state index in [9.17, 15) is 19.2 Å². The number of nitrogens with zero attached hydrogens (tertiary/aromatic N) is 3. The van der Waals surface area contributed by atoms with Gasteiger partial charge in [-0.2, -0.15) is 0 Å². The molecule has 4 atom stereocenters. The van der Waals surface area contributed by atoms with Gasteiger partial charge in [-0.05, 0) is 57.2 Å². The highest BCUT2D eigenvalue weighted by Crippen LogP contribution is 2.25. The Morgan fingerprint density at radius 1 is 1.11 bits per heavy atom. The third kappa shape index (κ3) is 7.56. The number of benzene rings is 1. The molecule has 2 aliphatic rings. The lowest BCUT2D eigenvalue weighted by Crippen LogP contribution is -2.62. The molecule has 11 nitrogen and oxygen atoms in total. The third-order valence-corrected chi connectivity index (χ3v) is 8.84. The summed E-state index contributed by atoms with van der Waals surface area (Å²) in [4.78, 5) is 63.5. The summed E-state index contributed by atoms with van der Waals surface area (Å²) < 4.78 is 5.82. The zero-order chi connectivity index (χ0) is 32.3. The van der Waals surface area contributed by atoms with Crippen molar-refractivity contribution in [1.29, 1.82) is 0 Å². The molecule has 45 heavy (non-hydrogen) atoms. The van der Waals surface area contributed by atoms with Crippen LogP contribution in [0.15, 0.2) is 47.3 Å². The number of fused-ring (bicyclic) bond motifs is 4. The molecule has 2 aromatic heterocycles. The third-order valence-electron chi connectivity index (χ3n) is 8.21. The Morgan fingerprint density at radius 2 is 1.89 bits per heavy atom. The number of thiazole rings is 1. The van der Waals surface area contributed by atoms with Crippen LogP contribution in [0.1, 0.15) is 70.5 Å². The van der Waals surface area contributed by atoms with Gasteiger partial charge >= 0.3 is 5.97 Å². The van der Waals surface area contributed by atoms with Crippen molar-refractivity contribution in [3.8, 4) is 0 Å². The second-order valence-corrected chi connectivity index (χ2v) is 13.3. The molecule has 4 unspecified atom stereocenters. The summed E-state index contributed by atoms with van der Waals surface area (Å²) in [6.45, 7) is 9.36. The second-order valence-electron chi connectivity index (χ2n) is 12.6. The smallest absolute Gasteiger partial charge is 0.325 e. The first kappa shape index (κ1) is 32.2. The maximum Gasteiger partial charge on any atom is 0.325 e.